The zero-order valence-corrected chi connectivity index (χ0v) is 9.83. The molecule has 3 N–H and O–H groups in total. The van der Waals surface area contributed by atoms with E-state index in [0.29, 0.717) is 17.4 Å². The molecule has 0 saturated heterocycles. The fraction of sp³-hybridized carbons (Fsp3) is 0.538. The van der Waals surface area contributed by atoms with Crippen molar-refractivity contribution in [3.05, 3.63) is 35.1 Å². The van der Waals surface area contributed by atoms with E-state index in [1.807, 2.05) is 13.0 Å². The fourth-order valence-corrected chi connectivity index (χ4v) is 2.32. The fourth-order valence-electron chi connectivity index (χ4n) is 2.32. The van der Waals surface area contributed by atoms with Gasteiger partial charge < -0.3 is 0 Å². The minimum atomic E-state index is -0.166. The zero-order valence-electron chi connectivity index (χ0n) is 9.83. The van der Waals surface area contributed by atoms with E-state index < -0.39 is 0 Å². The molecule has 1 aromatic rings. The van der Waals surface area contributed by atoms with Gasteiger partial charge in [-0.15, -0.1) is 0 Å². The quantitative estimate of drug-likeness (QED) is 0.607. The Morgan fingerprint density at radius 3 is 2.69 bits per heavy atom. The van der Waals surface area contributed by atoms with Crippen molar-refractivity contribution in [2.45, 2.75) is 32.7 Å². The number of hydrazine groups is 1. The standard InChI is InChI=1S/C13H19FN2/c1-8-3-6-12(14)11(7-8)13(16-15)9(2)10-4-5-10/h3,6-7,9-10,13,16H,4-5,15H2,1-2H3. The summed E-state index contributed by atoms with van der Waals surface area (Å²) in [5, 5.41) is 0. The SMILES string of the molecule is Cc1ccc(F)c(C(NN)C(C)C2CC2)c1. The van der Waals surface area contributed by atoms with Crippen molar-refractivity contribution in [2.24, 2.45) is 17.7 Å². The number of halogens is 1. The van der Waals surface area contributed by atoms with Crippen molar-refractivity contribution in [3.63, 3.8) is 0 Å². The molecule has 2 nitrogen and oxygen atoms in total. The first-order valence-electron chi connectivity index (χ1n) is 5.85. The maximum atomic E-state index is 13.8. The van der Waals surface area contributed by atoms with E-state index in [2.05, 4.69) is 12.3 Å². The lowest BCUT2D eigenvalue weighted by atomic mass is 9.90. The summed E-state index contributed by atoms with van der Waals surface area (Å²) in [6.07, 6.45) is 2.49. The highest BCUT2D eigenvalue weighted by atomic mass is 19.1. The molecule has 0 aliphatic heterocycles. The van der Waals surface area contributed by atoms with Crippen molar-refractivity contribution < 1.29 is 4.39 Å². The lowest BCUT2D eigenvalue weighted by Crippen LogP contribution is -2.34. The average Bonchev–Trinajstić information content (AvgIpc) is 3.07. The minimum absolute atomic E-state index is 0.0765. The molecular formula is C13H19FN2. The number of rotatable bonds is 4. The second-order valence-electron chi connectivity index (χ2n) is 4.87. The van der Waals surface area contributed by atoms with E-state index in [-0.39, 0.29) is 11.9 Å². The first-order valence-corrected chi connectivity index (χ1v) is 5.85. The van der Waals surface area contributed by atoms with Crippen molar-refractivity contribution in [1.29, 1.82) is 0 Å². The van der Waals surface area contributed by atoms with Gasteiger partial charge in [-0.05, 0) is 37.7 Å². The second-order valence-corrected chi connectivity index (χ2v) is 4.87. The summed E-state index contributed by atoms with van der Waals surface area (Å²) in [6, 6.07) is 5.12. The van der Waals surface area contributed by atoms with Crippen LogP contribution in [0.4, 0.5) is 4.39 Å². The summed E-state index contributed by atoms with van der Waals surface area (Å²) in [5.74, 6) is 6.49. The van der Waals surface area contributed by atoms with Gasteiger partial charge >= 0.3 is 0 Å². The Kier molecular flexibility index (Phi) is 3.26. The molecule has 2 unspecified atom stereocenters. The zero-order chi connectivity index (χ0) is 11.7. The van der Waals surface area contributed by atoms with Gasteiger partial charge in [-0.1, -0.05) is 24.6 Å². The summed E-state index contributed by atoms with van der Waals surface area (Å²) in [6.45, 7) is 4.11. The Labute approximate surface area is 96.0 Å². The molecule has 2 rings (SSSR count). The van der Waals surface area contributed by atoms with Crippen molar-refractivity contribution in [3.8, 4) is 0 Å². The van der Waals surface area contributed by atoms with Crippen LogP contribution < -0.4 is 11.3 Å². The Hall–Kier alpha value is -0.930. The van der Waals surface area contributed by atoms with Gasteiger partial charge in [0.1, 0.15) is 5.82 Å². The predicted molar refractivity (Wildman–Crippen MR) is 63.1 cm³/mol. The molecular weight excluding hydrogens is 203 g/mol. The van der Waals surface area contributed by atoms with Gasteiger partial charge in [-0.2, -0.15) is 0 Å². The first-order chi connectivity index (χ1) is 7.63. The maximum Gasteiger partial charge on any atom is 0.128 e. The molecule has 1 aliphatic rings. The van der Waals surface area contributed by atoms with Crippen LogP contribution in [0.1, 0.15) is 36.9 Å². The molecule has 0 aromatic heterocycles. The first kappa shape index (κ1) is 11.6. The molecule has 0 amide bonds. The van der Waals surface area contributed by atoms with E-state index in [1.54, 1.807) is 6.07 Å². The topological polar surface area (TPSA) is 38.0 Å². The van der Waals surface area contributed by atoms with Gasteiger partial charge in [-0.25, -0.2) is 4.39 Å². The highest BCUT2D eigenvalue weighted by Crippen LogP contribution is 2.42. The second kappa shape index (κ2) is 4.52. The van der Waals surface area contributed by atoms with Gasteiger partial charge in [0.15, 0.2) is 0 Å². The Morgan fingerprint density at radius 2 is 2.12 bits per heavy atom. The van der Waals surface area contributed by atoms with Crippen molar-refractivity contribution >= 4 is 0 Å². The van der Waals surface area contributed by atoms with Crippen molar-refractivity contribution in [2.75, 3.05) is 0 Å². The van der Waals surface area contributed by atoms with E-state index in [4.69, 9.17) is 5.84 Å². The number of hydrogen-bond donors (Lipinski definition) is 2. The molecule has 1 fully saturated rings. The number of nitrogens with one attached hydrogen (secondary N) is 1. The van der Waals surface area contributed by atoms with Crippen LogP contribution in [-0.4, -0.2) is 0 Å². The summed E-state index contributed by atoms with van der Waals surface area (Å²) >= 11 is 0. The molecule has 3 heteroatoms. The average molecular weight is 222 g/mol. The molecule has 0 bridgehead atoms. The van der Waals surface area contributed by atoms with Crippen LogP contribution in [0.3, 0.4) is 0 Å². The van der Waals surface area contributed by atoms with Crippen LogP contribution in [0, 0.1) is 24.6 Å². The molecule has 1 saturated carbocycles. The van der Waals surface area contributed by atoms with Crippen LogP contribution in [0.2, 0.25) is 0 Å². The Balaban J connectivity index is 2.27. The van der Waals surface area contributed by atoms with Gasteiger partial charge in [-0.3, -0.25) is 11.3 Å². The minimum Gasteiger partial charge on any atom is -0.271 e. The van der Waals surface area contributed by atoms with Crippen LogP contribution >= 0.6 is 0 Å². The molecule has 0 spiro atoms. The number of hydrogen-bond acceptors (Lipinski definition) is 2. The third kappa shape index (κ3) is 2.25. The van der Waals surface area contributed by atoms with E-state index in [1.165, 1.54) is 18.9 Å². The Bertz CT molecular complexity index is 374. The molecule has 16 heavy (non-hydrogen) atoms. The summed E-state index contributed by atoms with van der Waals surface area (Å²) in [5.41, 5.74) is 4.53. The molecule has 1 aromatic carbocycles. The molecule has 0 heterocycles. The van der Waals surface area contributed by atoms with E-state index >= 15 is 0 Å². The van der Waals surface area contributed by atoms with Crippen LogP contribution in [0.5, 0.6) is 0 Å². The summed E-state index contributed by atoms with van der Waals surface area (Å²) < 4.78 is 13.8. The normalized spacial score (nSPS) is 19.5. The summed E-state index contributed by atoms with van der Waals surface area (Å²) in [7, 11) is 0. The maximum absolute atomic E-state index is 13.8. The predicted octanol–water partition coefficient (Wildman–Crippen LogP) is 2.68. The third-order valence-corrected chi connectivity index (χ3v) is 3.56. The van der Waals surface area contributed by atoms with Crippen molar-refractivity contribution in [1.82, 2.24) is 5.43 Å². The molecule has 88 valence electrons. The molecule has 0 radical (unpaired) electrons. The molecule has 1 aliphatic carbocycles. The number of benzene rings is 1. The van der Waals surface area contributed by atoms with Crippen LogP contribution in [0.15, 0.2) is 18.2 Å². The van der Waals surface area contributed by atoms with Crippen LogP contribution in [-0.2, 0) is 0 Å². The Morgan fingerprint density at radius 1 is 1.44 bits per heavy atom. The van der Waals surface area contributed by atoms with E-state index in [0.717, 1.165) is 5.56 Å². The van der Waals surface area contributed by atoms with Gasteiger partial charge in [0.05, 0.1) is 6.04 Å². The molecule has 2 atom stereocenters. The highest BCUT2D eigenvalue weighted by molar-refractivity contribution is 5.27. The lowest BCUT2D eigenvalue weighted by Gasteiger charge is -2.24. The largest absolute Gasteiger partial charge is 0.271 e. The van der Waals surface area contributed by atoms with Crippen LogP contribution in [0.25, 0.3) is 0 Å². The van der Waals surface area contributed by atoms with Gasteiger partial charge in [0.2, 0.25) is 0 Å². The smallest absolute Gasteiger partial charge is 0.128 e. The van der Waals surface area contributed by atoms with E-state index in [9.17, 15) is 4.39 Å². The third-order valence-electron chi connectivity index (χ3n) is 3.56. The summed E-state index contributed by atoms with van der Waals surface area (Å²) in [4.78, 5) is 0. The monoisotopic (exact) mass is 222 g/mol. The lowest BCUT2D eigenvalue weighted by molar-refractivity contribution is 0.344. The van der Waals surface area contributed by atoms with Gasteiger partial charge in [0.25, 0.3) is 0 Å². The number of nitrogens with two attached hydrogens (primary N) is 1. The number of aryl methyl sites for hydroxylation is 1. The highest BCUT2D eigenvalue weighted by Gasteiger charge is 2.34. The van der Waals surface area contributed by atoms with Gasteiger partial charge in [0, 0.05) is 5.56 Å².